The number of nitrogens with zero attached hydrogens (tertiary/aromatic N) is 1. The predicted octanol–water partition coefficient (Wildman–Crippen LogP) is 1.34. The van der Waals surface area contributed by atoms with Crippen molar-refractivity contribution >= 4 is 11.6 Å². The smallest absolute Gasteiger partial charge is 0.225 e. The first-order valence-corrected chi connectivity index (χ1v) is 6.91. The van der Waals surface area contributed by atoms with E-state index in [-0.39, 0.29) is 11.8 Å². The Balaban J connectivity index is 1.79. The van der Waals surface area contributed by atoms with Gasteiger partial charge in [0.2, 0.25) is 5.91 Å². The summed E-state index contributed by atoms with van der Waals surface area (Å²) in [4.78, 5) is 14.2. The van der Waals surface area contributed by atoms with Crippen LogP contribution in [0, 0.1) is 5.92 Å². The van der Waals surface area contributed by atoms with E-state index in [4.69, 9.17) is 0 Å². The molecule has 4 heteroatoms. The highest BCUT2D eigenvalue weighted by molar-refractivity contribution is 5.80. The van der Waals surface area contributed by atoms with Crippen LogP contribution in [0.4, 0.5) is 5.69 Å². The van der Waals surface area contributed by atoms with Crippen LogP contribution in [-0.2, 0) is 11.2 Å². The number of nitrogens with one attached hydrogen (secondary N) is 2. The number of anilines is 1. The molecule has 1 aromatic carbocycles. The van der Waals surface area contributed by atoms with Gasteiger partial charge in [-0.1, -0.05) is 18.2 Å². The molecule has 0 aliphatic carbocycles. The van der Waals surface area contributed by atoms with Crippen molar-refractivity contribution in [1.29, 1.82) is 0 Å². The molecule has 4 nitrogen and oxygen atoms in total. The summed E-state index contributed by atoms with van der Waals surface area (Å²) >= 11 is 0. The summed E-state index contributed by atoms with van der Waals surface area (Å²) in [5, 5.41) is 6.37. The highest BCUT2D eigenvalue weighted by atomic mass is 16.1. The summed E-state index contributed by atoms with van der Waals surface area (Å²) in [6, 6.07) is 8.21. The molecular formula is C15H23N3O. The standard InChI is InChI=1S/C15H23N3O/c1-18(2)9-5-8-16-15(19)13-10-12-6-3-4-7-14(12)17-11-13/h3-4,6-7,13,17H,5,8-11H2,1-2H3,(H,16,19). The number of fused-ring (bicyclic) bond motifs is 1. The fourth-order valence-corrected chi connectivity index (χ4v) is 2.38. The van der Waals surface area contributed by atoms with Gasteiger partial charge in [0.15, 0.2) is 0 Å². The molecule has 2 N–H and O–H groups in total. The molecule has 1 amide bonds. The predicted molar refractivity (Wildman–Crippen MR) is 78.3 cm³/mol. The first-order chi connectivity index (χ1) is 9.16. The van der Waals surface area contributed by atoms with Gasteiger partial charge in [0, 0.05) is 18.8 Å². The van der Waals surface area contributed by atoms with Crippen molar-refractivity contribution in [3.05, 3.63) is 29.8 Å². The van der Waals surface area contributed by atoms with Gasteiger partial charge >= 0.3 is 0 Å². The third-order valence-electron chi connectivity index (χ3n) is 3.47. The number of para-hydroxylation sites is 1. The quantitative estimate of drug-likeness (QED) is 0.786. The van der Waals surface area contributed by atoms with Crippen molar-refractivity contribution in [3.8, 4) is 0 Å². The SMILES string of the molecule is CN(C)CCCNC(=O)C1CNc2ccccc2C1. The topological polar surface area (TPSA) is 44.4 Å². The van der Waals surface area contributed by atoms with Crippen LogP contribution in [0.3, 0.4) is 0 Å². The summed E-state index contributed by atoms with van der Waals surface area (Å²) in [6.07, 6.45) is 1.83. The number of rotatable bonds is 5. The molecule has 0 fully saturated rings. The lowest BCUT2D eigenvalue weighted by molar-refractivity contribution is -0.124. The van der Waals surface area contributed by atoms with Crippen LogP contribution < -0.4 is 10.6 Å². The molecule has 0 bridgehead atoms. The molecule has 0 radical (unpaired) electrons. The maximum absolute atomic E-state index is 12.1. The molecule has 1 aromatic rings. The van der Waals surface area contributed by atoms with Crippen LogP contribution in [0.1, 0.15) is 12.0 Å². The van der Waals surface area contributed by atoms with Gasteiger partial charge in [0.1, 0.15) is 0 Å². The number of carbonyl (C=O) groups excluding carboxylic acids is 1. The van der Waals surface area contributed by atoms with Crippen molar-refractivity contribution in [3.63, 3.8) is 0 Å². The Morgan fingerprint density at radius 3 is 3.00 bits per heavy atom. The third-order valence-corrected chi connectivity index (χ3v) is 3.47. The van der Waals surface area contributed by atoms with E-state index in [1.54, 1.807) is 0 Å². The van der Waals surface area contributed by atoms with Gasteiger partial charge in [-0.15, -0.1) is 0 Å². The Bertz CT molecular complexity index is 431. The lowest BCUT2D eigenvalue weighted by Gasteiger charge is -2.25. The zero-order chi connectivity index (χ0) is 13.7. The number of carbonyl (C=O) groups is 1. The van der Waals surface area contributed by atoms with E-state index in [0.29, 0.717) is 0 Å². The molecule has 19 heavy (non-hydrogen) atoms. The van der Waals surface area contributed by atoms with Gasteiger partial charge in [-0.2, -0.15) is 0 Å². The summed E-state index contributed by atoms with van der Waals surface area (Å²) in [5.41, 5.74) is 2.40. The van der Waals surface area contributed by atoms with Gasteiger partial charge in [-0.25, -0.2) is 0 Å². The zero-order valence-corrected chi connectivity index (χ0v) is 11.8. The van der Waals surface area contributed by atoms with Gasteiger partial charge in [-0.05, 0) is 45.1 Å². The Morgan fingerprint density at radius 2 is 2.21 bits per heavy atom. The van der Waals surface area contributed by atoms with E-state index in [1.165, 1.54) is 11.3 Å². The molecule has 2 rings (SSSR count). The molecule has 1 aliphatic rings. The van der Waals surface area contributed by atoms with Crippen LogP contribution in [0.15, 0.2) is 24.3 Å². The Kier molecular flexibility index (Phi) is 4.80. The molecule has 104 valence electrons. The van der Waals surface area contributed by atoms with Crippen LogP contribution in [0.25, 0.3) is 0 Å². The first-order valence-electron chi connectivity index (χ1n) is 6.91. The second-order valence-electron chi connectivity index (χ2n) is 5.39. The van der Waals surface area contributed by atoms with Crippen LogP contribution in [0.2, 0.25) is 0 Å². The summed E-state index contributed by atoms with van der Waals surface area (Å²) in [5.74, 6) is 0.218. The molecule has 0 spiro atoms. The minimum atomic E-state index is 0.0502. The van der Waals surface area contributed by atoms with Crippen molar-refractivity contribution in [2.24, 2.45) is 5.92 Å². The molecule has 0 aromatic heterocycles. The fourth-order valence-electron chi connectivity index (χ4n) is 2.38. The number of hydrogen-bond acceptors (Lipinski definition) is 3. The molecular weight excluding hydrogens is 238 g/mol. The van der Waals surface area contributed by atoms with Gasteiger partial charge in [0.25, 0.3) is 0 Å². The maximum atomic E-state index is 12.1. The minimum absolute atomic E-state index is 0.0502. The molecule has 1 unspecified atom stereocenters. The molecule has 1 heterocycles. The monoisotopic (exact) mass is 261 g/mol. The second kappa shape index (κ2) is 6.57. The summed E-state index contributed by atoms with van der Waals surface area (Å²) in [7, 11) is 4.09. The van der Waals surface area contributed by atoms with Crippen molar-refractivity contribution in [2.45, 2.75) is 12.8 Å². The van der Waals surface area contributed by atoms with Gasteiger partial charge in [-0.3, -0.25) is 4.79 Å². The van der Waals surface area contributed by atoms with Gasteiger partial charge < -0.3 is 15.5 Å². The second-order valence-corrected chi connectivity index (χ2v) is 5.39. The number of hydrogen-bond donors (Lipinski definition) is 2. The third kappa shape index (κ3) is 3.96. The Labute approximate surface area is 115 Å². The zero-order valence-electron chi connectivity index (χ0n) is 11.8. The van der Waals surface area contributed by atoms with E-state index in [2.05, 4.69) is 27.7 Å². The highest BCUT2D eigenvalue weighted by Crippen LogP contribution is 2.24. The van der Waals surface area contributed by atoms with Gasteiger partial charge in [0.05, 0.1) is 5.92 Å². The van der Waals surface area contributed by atoms with E-state index in [9.17, 15) is 4.79 Å². The average molecular weight is 261 g/mol. The lowest BCUT2D eigenvalue weighted by atomic mass is 9.93. The first kappa shape index (κ1) is 13.9. The van der Waals surface area contributed by atoms with Crippen LogP contribution in [-0.4, -0.2) is 44.5 Å². The molecule has 0 saturated heterocycles. The minimum Gasteiger partial charge on any atom is -0.384 e. The average Bonchev–Trinajstić information content (AvgIpc) is 2.42. The normalized spacial score (nSPS) is 17.7. The fraction of sp³-hybridized carbons (Fsp3) is 0.533. The number of amides is 1. The van der Waals surface area contributed by atoms with E-state index < -0.39 is 0 Å². The lowest BCUT2D eigenvalue weighted by Crippen LogP contribution is -2.39. The largest absolute Gasteiger partial charge is 0.384 e. The van der Waals surface area contributed by atoms with Crippen molar-refractivity contribution in [1.82, 2.24) is 10.2 Å². The molecule has 0 saturated carbocycles. The summed E-state index contributed by atoms with van der Waals surface area (Å²) in [6.45, 7) is 2.50. The van der Waals surface area contributed by atoms with Crippen LogP contribution >= 0.6 is 0 Å². The molecule has 1 atom stereocenters. The molecule has 1 aliphatic heterocycles. The number of benzene rings is 1. The Hall–Kier alpha value is -1.55. The van der Waals surface area contributed by atoms with E-state index in [0.717, 1.165) is 32.5 Å². The summed E-state index contributed by atoms with van der Waals surface area (Å²) < 4.78 is 0. The van der Waals surface area contributed by atoms with E-state index >= 15 is 0 Å². The maximum Gasteiger partial charge on any atom is 0.225 e. The van der Waals surface area contributed by atoms with Crippen molar-refractivity contribution < 1.29 is 4.79 Å². The highest BCUT2D eigenvalue weighted by Gasteiger charge is 2.23. The van der Waals surface area contributed by atoms with Crippen LogP contribution in [0.5, 0.6) is 0 Å². The van der Waals surface area contributed by atoms with E-state index in [1.807, 2.05) is 26.2 Å². The van der Waals surface area contributed by atoms with Crippen molar-refractivity contribution in [2.75, 3.05) is 39.0 Å². The Morgan fingerprint density at radius 1 is 1.42 bits per heavy atom.